The zero-order chi connectivity index (χ0) is 11.0. The van der Waals surface area contributed by atoms with E-state index >= 15 is 0 Å². The van der Waals surface area contributed by atoms with Gasteiger partial charge in [0.2, 0.25) is 0 Å². The summed E-state index contributed by atoms with van der Waals surface area (Å²) in [5.74, 6) is 2.66. The highest BCUT2D eigenvalue weighted by atomic mass is 32.2. The second-order valence-corrected chi connectivity index (χ2v) is 4.81. The van der Waals surface area contributed by atoms with Gasteiger partial charge in [-0.05, 0) is 6.07 Å². The average Bonchev–Trinajstić information content (AvgIpc) is 2.79. The molecule has 16 heavy (non-hydrogen) atoms. The molecule has 0 unspecified atom stereocenters. The second-order valence-electron chi connectivity index (χ2n) is 3.44. The molecule has 1 aliphatic rings. The van der Waals surface area contributed by atoms with Crippen molar-refractivity contribution in [3.8, 4) is 11.5 Å². The number of hydrogen-bond donors (Lipinski definition) is 1. The minimum Gasteiger partial charge on any atom is -0.341 e. The Bertz CT molecular complexity index is 579. The molecule has 6 heteroatoms. The van der Waals surface area contributed by atoms with E-state index in [-0.39, 0.29) is 0 Å². The Labute approximate surface area is 102 Å². The van der Waals surface area contributed by atoms with Crippen molar-refractivity contribution in [3.63, 3.8) is 0 Å². The van der Waals surface area contributed by atoms with Crippen molar-refractivity contribution in [1.29, 1.82) is 0 Å². The quantitative estimate of drug-likeness (QED) is 0.785. The molecule has 0 aliphatic carbocycles. The van der Waals surface area contributed by atoms with Gasteiger partial charge in [-0.1, -0.05) is 12.2 Å². The number of rotatable bonds is 1. The minimum absolute atomic E-state index is 0.687. The molecule has 3 heterocycles. The summed E-state index contributed by atoms with van der Waals surface area (Å²) in [5, 5.41) is 0. The van der Waals surface area contributed by atoms with Gasteiger partial charge in [0.1, 0.15) is 16.7 Å². The average molecular weight is 248 g/mol. The molecule has 0 spiro atoms. The standard InChI is InChI=1S/C10H8N4S2/c15-10-6-3-16-4-8(6)13-9(14-10)7-1-2-11-5-12-7/h1-2,5H,3-4H2,(H,13,14,15). The fourth-order valence-corrected chi connectivity index (χ4v) is 3.07. The Morgan fingerprint density at radius 2 is 2.31 bits per heavy atom. The number of H-pyrrole nitrogens is 1. The Hall–Kier alpha value is -1.27. The lowest BCUT2D eigenvalue weighted by atomic mass is 10.2. The Morgan fingerprint density at radius 1 is 1.38 bits per heavy atom. The SMILES string of the molecule is S=c1nc(-c2ccncn2)[nH]c2c1CSC2. The van der Waals surface area contributed by atoms with Gasteiger partial charge < -0.3 is 4.98 Å². The van der Waals surface area contributed by atoms with Gasteiger partial charge in [-0.15, -0.1) is 0 Å². The summed E-state index contributed by atoms with van der Waals surface area (Å²) < 4.78 is 0.687. The lowest BCUT2D eigenvalue weighted by molar-refractivity contribution is 1.03. The van der Waals surface area contributed by atoms with Gasteiger partial charge in [0.05, 0.1) is 0 Å². The molecule has 2 aromatic heterocycles. The summed E-state index contributed by atoms with van der Waals surface area (Å²) in [7, 11) is 0. The second kappa shape index (κ2) is 3.95. The van der Waals surface area contributed by atoms with Crippen LogP contribution in [0.1, 0.15) is 11.3 Å². The van der Waals surface area contributed by atoms with E-state index in [0.717, 1.165) is 28.6 Å². The molecule has 0 amide bonds. The summed E-state index contributed by atoms with van der Waals surface area (Å²) in [4.78, 5) is 15.7. The summed E-state index contributed by atoms with van der Waals surface area (Å²) in [6, 6.07) is 1.82. The fraction of sp³-hybridized carbons (Fsp3) is 0.200. The van der Waals surface area contributed by atoms with Crippen molar-refractivity contribution in [2.45, 2.75) is 11.5 Å². The van der Waals surface area contributed by atoms with E-state index in [1.54, 1.807) is 6.20 Å². The highest BCUT2D eigenvalue weighted by Crippen LogP contribution is 2.29. The van der Waals surface area contributed by atoms with Crippen LogP contribution in [-0.2, 0) is 11.5 Å². The number of aromatic nitrogens is 4. The zero-order valence-corrected chi connectivity index (χ0v) is 9.94. The van der Waals surface area contributed by atoms with E-state index in [0.29, 0.717) is 4.64 Å². The van der Waals surface area contributed by atoms with Gasteiger partial charge in [0.15, 0.2) is 5.82 Å². The Morgan fingerprint density at radius 3 is 3.12 bits per heavy atom. The molecule has 0 bridgehead atoms. The summed E-state index contributed by atoms with van der Waals surface area (Å²) >= 11 is 7.13. The molecular weight excluding hydrogens is 240 g/mol. The zero-order valence-electron chi connectivity index (χ0n) is 8.30. The molecule has 2 aromatic rings. The number of aromatic amines is 1. The van der Waals surface area contributed by atoms with E-state index < -0.39 is 0 Å². The van der Waals surface area contributed by atoms with Crippen molar-refractivity contribution in [2.75, 3.05) is 0 Å². The fourth-order valence-electron chi connectivity index (χ4n) is 1.62. The van der Waals surface area contributed by atoms with Crippen LogP contribution < -0.4 is 0 Å². The third kappa shape index (κ3) is 1.64. The minimum atomic E-state index is 0.687. The monoisotopic (exact) mass is 248 g/mol. The lowest BCUT2D eigenvalue weighted by Gasteiger charge is -2.03. The maximum absolute atomic E-state index is 5.28. The number of nitrogens with one attached hydrogen (secondary N) is 1. The van der Waals surface area contributed by atoms with Crippen LogP contribution in [0.4, 0.5) is 0 Å². The van der Waals surface area contributed by atoms with Crippen molar-refractivity contribution in [1.82, 2.24) is 19.9 Å². The molecule has 0 saturated carbocycles. The van der Waals surface area contributed by atoms with Gasteiger partial charge >= 0.3 is 0 Å². The molecule has 0 atom stereocenters. The molecule has 0 saturated heterocycles. The highest BCUT2D eigenvalue weighted by Gasteiger charge is 2.15. The van der Waals surface area contributed by atoms with Crippen LogP contribution in [-0.4, -0.2) is 19.9 Å². The first kappa shape index (κ1) is 9.92. The third-order valence-corrected chi connectivity index (χ3v) is 3.75. The molecule has 0 radical (unpaired) electrons. The van der Waals surface area contributed by atoms with E-state index in [1.807, 2.05) is 17.8 Å². The molecule has 3 rings (SSSR count). The molecule has 80 valence electrons. The van der Waals surface area contributed by atoms with Crippen LogP contribution in [0.5, 0.6) is 0 Å². The normalized spacial score (nSPS) is 13.8. The summed E-state index contributed by atoms with van der Waals surface area (Å²) in [5.41, 5.74) is 3.12. The first-order chi connectivity index (χ1) is 7.84. The smallest absolute Gasteiger partial charge is 0.157 e. The highest BCUT2D eigenvalue weighted by molar-refractivity contribution is 7.98. The number of hydrogen-bond acceptors (Lipinski definition) is 5. The largest absolute Gasteiger partial charge is 0.341 e. The van der Waals surface area contributed by atoms with E-state index in [1.165, 1.54) is 12.0 Å². The van der Waals surface area contributed by atoms with Crippen LogP contribution in [0.2, 0.25) is 0 Å². The molecule has 1 N–H and O–H groups in total. The number of thioether (sulfide) groups is 1. The van der Waals surface area contributed by atoms with Crippen molar-refractivity contribution < 1.29 is 0 Å². The van der Waals surface area contributed by atoms with Gasteiger partial charge in [0, 0.05) is 29.0 Å². The topological polar surface area (TPSA) is 54.5 Å². The first-order valence-corrected chi connectivity index (χ1v) is 6.37. The Kier molecular flexibility index (Phi) is 2.45. The molecule has 4 nitrogen and oxygen atoms in total. The molecular formula is C10H8N4S2. The van der Waals surface area contributed by atoms with Crippen LogP contribution in [0.15, 0.2) is 18.6 Å². The maximum atomic E-state index is 5.28. The van der Waals surface area contributed by atoms with Crippen molar-refractivity contribution >= 4 is 24.0 Å². The van der Waals surface area contributed by atoms with Crippen LogP contribution in [0.3, 0.4) is 0 Å². The Balaban J connectivity index is 2.17. The predicted octanol–water partition coefficient (Wildman–Crippen LogP) is 2.34. The third-order valence-electron chi connectivity index (χ3n) is 2.42. The maximum Gasteiger partial charge on any atom is 0.157 e. The summed E-state index contributed by atoms with van der Waals surface area (Å²) in [6.07, 6.45) is 3.21. The van der Waals surface area contributed by atoms with Gasteiger partial charge in [-0.3, -0.25) is 0 Å². The molecule has 1 aliphatic heterocycles. The molecule has 0 aromatic carbocycles. The van der Waals surface area contributed by atoms with Gasteiger partial charge in [-0.25, -0.2) is 15.0 Å². The van der Waals surface area contributed by atoms with E-state index in [4.69, 9.17) is 12.2 Å². The van der Waals surface area contributed by atoms with E-state index in [2.05, 4.69) is 19.9 Å². The predicted molar refractivity (Wildman–Crippen MR) is 65.4 cm³/mol. The van der Waals surface area contributed by atoms with Gasteiger partial charge in [-0.2, -0.15) is 11.8 Å². The van der Waals surface area contributed by atoms with Gasteiger partial charge in [0.25, 0.3) is 0 Å². The molecule has 0 fully saturated rings. The number of nitrogens with zero attached hydrogens (tertiary/aromatic N) is 3. The van der Waals surface area contributed by atoms with Crippen molar-refractivity contribution in [3.05, 3.63) is 34.5 Å². The van der Waals surface area contributed by atoms with Crippen LogP contribution in [0, 0.1) is 4.64 Å². The van der Waals surface area contributed by atoms with Crippen LogP contribution in [0.25, 0.3) is 11.5 Å². The lowest BCUT2D eigenvalue weighted by Crippen LogP contribution is -1.98. The van der Waals surface area contributed by atoms with E-state index in [9.17, 15) is 0 Å². The first-order valence-electron chi connectivity index (χ1n) is 4.81. The van der Waals surface area contributed by atoms with Crippen molar-refractivity contribution in [2.24, 2.45) is 0 Å². The number of fused-ring (bicyclic) bond motifs is 1. The van der Waals surface area contributed by atoms with Crippen LogP contribution >= 0.6 is 24.0 Å². The summed E-state index contributed by atoms with van der Waals surface area (Å²) in [6.45, 7) is 0.